The third-order valence-corrected chi connectivity index (χ3v) is 2.39. The zero-order valence-corrected chi connectivity index (χ0v) is 9.73. The van der Waals surface area contributed by atoms with Gasteiger partial charge >= 0.3 is 6.03 Å². The Bertz CT molecular complexity index is 489. The summed E-state index contributed by atoms with van der Waals surface area (Å²) in [5.41, 5.74) is 5.49. The number of carbonyl (C=O) groups is 2. The van der Waals surface area contributed by atoms with Crippen molar-refractivity contribution < 1.29 is 19.1 Å². The van der Waals surface area contributed by atoms with Crippen molar-refractivity contribution >= 4 is 17.6 Å². The summed E-state index contributed by atoms with van der Waals surface area (Å²) in [6, 6.07) is 3.57. The fourth-order valence-corrected chi connectivity index (χ4v) is 1.50. The molecule has 1 aromatic carbocycles. The summed E-state index contributed by atoms with van der Waals surface area (Å²) in [4.78, 5) is 22.3. The van der Waals surface area contributed by atoms with Crippen LogP contribution in [0.2, 0.25) is 0 Å². The first-order valence-electron chi connectivity index (χ1n) is 5.33. The molecular formula is C11H13N3O4. The summed E-state index contributed by atoms with van der Waals surface area (Å²) in [5, 5.41) is 4.92. The Kier molecular flexibility index (Phi) is 3.22. The molecule has 0 radical (unpaired) electrons. The summed E-state index contributed by atoms with van der Waals surface area (Å²) >= 11 is 0. The van der Waals surface area contributed by atoms with E-state index in [-0.39, 0.29) is 12.7 Å². The van der Waals surface area contributed by atoms with Crippen LogP contribution in [0.5, 0.6) is 11.5 Å². The molecule has 1 heterocycles. The molecule has 0 unspecified atom stereocenters. The number of nitrogens with two attached hydrogens (primary N) is 1. The van der Waals surface area contributed by atoms with Crippen LogP contribution in [0.4, 0.5) is 10.5 Å². The second-order valence-corrected chi connectivity index (χ2v) is 3.79. The van der Waals surface area contributed by atoms with Crippen LogP contribution in [0, 0.1) is 0 Å². The average molecular weight is 251 g/mol. The number of hydrogen-bond donors (Lipinski definition) is 3. The number of ether oxygens (including phenoxy) is 2. The topological polar surface area (TPSA) is 103 Å². The highest BCUT2D eigenvalue weighted by Gasteiger charge is 2.17. The minimum absolute atomic E-state index is 0.173. The lowest BCUT2D eigenvalue weighted by molar-refractivity contribution is -0.117. The molecule has 3 amide bonds. The minimum Gasteiger partial charge on any atom is -0.454 e. The molecule has 1 aliphatic heterocycles. The quantitative estimate of drug-likeness (QED) is 0.723. The van der Waals surface area contributed by atoms with Gasteiger partial charge in [-0.15, -0.1) is 0 Å². The van der Waals surface area contributed by atoms with E-state index in [1.54, 1.807) is 18.2 Å². The Hall–Kier alpha value is -2.44. The number of nitrogens with one attached hydrogen (secondary N) is 2. The number of hydrogen-bond acceptors (Lipinski definition) is 4. The normalized spacial score (nSPS) is 13.8. The van der Waals surface area contributed by atoms with Gasteiger partial charge in [0.1, 0.15) is 6.04 Å². The summed E-state index contributed by atoms with van der Waals surface area (Å²) in [7, 11) is 0. The van der Waals surface area contributed by atoms with Gasteiger partial charge in [0.25, 0.3) is 0 Å². The van der Waals surface area contributed by atoms with Crippen molar-refractivity contribution in [2.75, 3.05) is 12.1 Å². The van der Waals surface area contributed by atoms with Crippen LogP contribution >= 0.6 is 0 Å². The number of fused-ring (bicyclic) bond motifs is 1. The van der Waals surface area contributed by atoms with Crippen LogP contribution in [0.15, 0.2) is 18.2 Å². The van der Waals surface area contributed by atoms with Crippen molar-refractivity contribution in [3.05, 3.63) is 18.2 Å². The maximum atomic E-state index is 11.7. The summed E-state index contributed by atoms with van der Waals surface area (Å²) in [6.45, 7) is 1.71. The maximum Gasteiger partial charge on any atom is 0.312 e. The number of anilines is 1. The molecule has 0 bridgehead atoms. The van der Waals surface area contributed by atoms with Crippen LogP contribution < -0.4 is 25.8 Å². The van der Waals surface area contributed by atoms with Crippen LogP contribution in [0.1, 0.15) is 6.92 Å². The van der Waals surface area contributed by atoms with Crippen molar-refractivity contribution in [1.82, 2.24) is 5.32 Å². The van der Waals surface area contributed by atoms with E-state index in [0.717, 1.165) is 0 Å². The summed E-state index contributed by atoms with van der Waals surface area (Å²) < 4.78 is 10.3. The van der Waals surface area contributed by atoms with Gasteiger partial charge in [-0.1, -0.05) is 0 Å². The standard InChI is InChI=1S/C11H13N3O4/c1-6(13-11(12)16)10(15)14-7-2-3-8-9(4-7)18-5-17-8/h2-4,6H,5H2,1H3,(H,14,15)(H3,12,13,16)/t6-/m1/s1. The van der Waals surface area contributed by atoms with Crippen molar-refractivity contribution in [1.29, 1.82) is 0 Å². The van der Waals surface area contributed by atoms with Gasteiger partial charge in [0, 0.05) is 11.8 Å². The zero-order chi connectivity index (χ0) is 13.1. The van der Waals surface area contributed by atoms with Crippen LogP contribution in [-0.4, -0.2) is 24.8 Å². The molecule has 0 spiro atoms. The van der Waals surface area contributed by atoms with Crippen molar-refractivity contribution in [3.63, 3.8) is 0 Å². The van der Waals surface area contributed by atoms with Crippen LogP contribution in [0.3, 0.4) is 0 Å². The van der Waals surface area contributed by atoms with Gasteiger partial charge in [-0.05, 0) is 19.1 Å². The molecule has 7 heteroatoms. The lowest BCUT2D eigenvalue weighted by Gasteiger charge is -2.12. The van der Waals surface area contributed by atoms with Gasteiger partial charge in [-0.3, -0.25) is 4.79 Å². The number of urea groups is 1. The van der Waals surface area contributed by atoms with E-state index in [2.05, 4.69) is 10.6 Å². The van der Waals surface area contributed by atoms with Crippen LogP contribution in [0.25, 0.3) is 0 Å². The lowest BCUT2D eigenvalue weighted by Crippen LogP contribution is -2.44. The maximum absolute atomic E-state index is 11.7. The molecule has 0 aliphatic carbocycles. The molecule has 96 valence electrons. The third-order valence-electron chi connectivity index (χ3n) is 2.39. The highest BCUT2D eigenvalue weighted by molar-refractivity contribution is 5.96. The second-order valence-electron chi connectivity index (χ2n) is 3.79. The highest BCUT2D eigenvalue weighted by atomic mass is 16.7. The number of primary amides is 1. The van der Waals surface area contributed by atoms with Crippen LogP contribution in [-0.2, 0) is 4.79 Å². The van der Waals surface area contributed by atoms with Gasteiger partial charge in [-0.2, -0.15) is 0 Å². The van der Waals surface area contributed by atoms with Crippen molar-refractivity contribution in [3.8, 4) is 11.5 Å². The number of carbonyl (C=O) groups excluding carboxylic acids is 2. The van der Waals surface area contributed by atoms with Gasteiger partial charge in [0.15, 0.2) is 11.5 Å². The molecule has 0 fully saturated rings. The highest BCUT2D eigenvalue weighted by Crippen LogP contribution is 2.34. The Morgan fingerprint density at radius 2 is 2.06 bits per heavy atom. The molecule has 1 atom stereocenters. The number of rotatable bonds is 3. The molecule has 7 nitrogen and oxygen atoms in total. The zero-order valence-electron chi connectivity index (χ0n) is 9.73. The second kappa shape index (κ2) is 4.82. The molecule has 1 aromatic rings. The smallest absolute Gasteiger partial charge is 0.312 e. The van der Waals surface area contributed by atoms with Crippen molar-refractivity contribution in [2.45, 2.75) is 13.0 Å². The van der Waals surface area contributed by atoms with Gasteiger partial charge < -0.3 is 25.8 Å². The first kappa shape index (κ1) is 12.0. The fourth-order valence-electron chi connectivity index (χ4n) is 1.50. The molecule has 0 aromatic heterocycles. The van der Waals surface area contributed by atoms with E-state index >= 15 is 0 Å². The SMILES string of the molecule is C[C@@H](NC(N)=O)C(=O)Nc1ccc2c(c1)OCO2. The molecule has 0 saturated heterocycles. The van der Waals surface area contributed by atoms with Crippen molar-refractivity contribution in [2.24, 2.45) is 5.73 Å². The Morgan fingerprint density at radius 3 is 2.78 bits per heavy atom. The average Bonchev–Trinajstić information content (AvgIpc) is 2.75. The van der Waals surface area contributed by atoms with Gasteiger partial charge in [0.2, 0.25) is 12.7 Å². The number of benzene rings is 1. The molecule has 2 rings (SSSR count). The molecule has 1 aliphatic rings. The van der Waals surface area contributed by atoms with Gasteiger partial charge in [0.05, 0.1) is 0 Å². The van der Waals surface area contributed by atoms with E-state index in [1.807, 2.05) is 0 Å². The third kappa shape index (κ3) is 2.62. The first-order valence-corrected chi connectivity index (χ1v) is 5.33. The van der Waals surface area contributed by atoms with E-state index in [0.29, 0.717) is 17.2 Å². The predicted octanol–water partition coefficient (Wildman–Crippen LogP) is 0.411. The Labute approximate surface area is 103 Å². The van der Waals surface area contributed by atoms with E-state index in [1.165, 1.54) is 6.92 Å². The monoisotopic (exact) mass is 251 g/mol. The summed E-state index contributed by atoms with van der Waals surface area (Å²) in [6.07, 6.45) is 0. The fraction of sp³-hybridized carbons (Fsp3) is 0.273. The minimum atomic E-state index is -0.747. The van der Waals surface area contributed by atoms with E-state index in [4.69, 9.17) is 15.2 Å². The molecule has 18 heavy (non-hydrogen) atoms. The molecular weight excluding hydrogens is 238 g/mol. The first-order chi connectivity index (χ1) is 8.56. The Morgan fingerprint density at radius 1 is 1.33 bits per heavy atom. The van der Waals surface area contributed by atoms with Gasteiger partial charge in [-0.25, -0.2) is 4.79 Å². The Balaban J connectivity index is 2.01. The summed E-state index contributed by atoms with van der Waals surface area (Å²) in [5.74, 6) is 0.840. The molecule has 4 N–H and O–H groups in total. The largest absolute Gasteiger partial charge is 0.454 e. The molecule has 0 saturated carbocycles. The predicted molar refractivity (Wildman–Crippen MR) is 63.4 cm³/mol. The van der Waals surface area contributed by atoms with E-state index < -0.39 is 12.1 Å². The van der Waals surface area contributed by atoms with E-state index in [9.17, 15) is 9.59 Å². The number of amides is 3. The lowest BCUT2D eigenvalue weighted by atomic mass is 10.2.